The SMILES string of the molecule is N#Cc1c(C=O)cc(I)cc1C(=O)CBr. The highest BCUT2D eigenvalue weighted by Crippen LogP contribution is 2.18. The van der Waals surface area contributed by atoms with Crippen molar-refractivity contribution in [3.05, 3.63) is 32.4 Å². The molecular formula is C10H5BrINO2. The maximum Gasteiger partial charge on any atom is 0.174 e. The third-order valence-electron chi connectivity index (χ3n) is 1.79. The van der Waals surface area contributed by atoms with Gasteiger partial charge in [0.25, 0.3) is 0 Å². The first-order valence-corrected chi connectivity index (χ1v) is 6.12. The smallest absolute Gasteiger partial charge is 0.174 e. The lowest BCUT2D eigenvalue weighted by Gasteiger charge is -2.04. The van der Waals surface area contributed by atoms with Gasteiger partial charge in [-0.2, -0.15) is 5.26 Å². The van der Waals surface area contributed by atoms with Crippen molar-refractivity contribution in [1.82, 2.24) is 0 Å². The van der Waals surface area contributed by atoms with Crippen LogP contribution in [-0.2, 0) is 0 Å². The van der Waals surface area contributed by atoms with Crippen LogP contribution in [-0.4, -0.2) is 17.4 Å². The summed E-state index contributed by atoms with van der Waals surface area (Å²) in [6.45, 7) is 0. The Bertz CT molecular complexity index is 465. The van der Waals surface area contributed by atoms with E-state index in [4.69, 9.17) is 5.26 Å². The number of benzene rings is 1. The quantitative estimate of drug-likeness (QED) is 0.352. The minimum Gasteiger partial charge on any atom is -0.298 e. The lowest BCUT2D eigenvalue weighted by atomic mass is 10.0. The number of hydrogen-bond donors (Lipinski definition) is 0. The summed E-state index contributed by atoms with van der Waals surface area (Å²) in [7, 11) is 0. The third kappa shape index (κ3) is 2.63. The summed E-state index contributed by atoms with van der Waals surface area (Å²) in [5.41, 5.74) is 0.701. The maximum atomic E-state index is 11.5. The molecule has 0 radical (unpaired) electrons. The molecule has 76 valence electrons. The molecule has 0 N–H and O–H groups in total. The third-order valence-corrected chi connectivity index (χ3v) is 2.93. The fourth-order valence-corrected chi connectivity index (χ4v) is 2.09. The molecule has 1 rings (SSSR count). The van der Waals surface area contributed by atoms with Gasteiger partial charge in [-0.1, -0.05) is 15.9 Å². The largest absolute Gasteiger partial charge is 0.298 e. The number of ketones is 1. The molecule has 0 aliphatic rings. The fraction of sp³-hybridized carbons (Fsp3) is 0.100. The molecule has 0 aliphatic carbocycles. The molecule has 0 heterocycles. The molecule has 0 amide bonds. The van der Waals surface area contributed by atoms with E-state index >= 15 is 0 Å². The molecule has 0 aliphatic heterocycles. The van der Waals surface area contributed by atoms with Crippen molar-refractivity contribution in [1.29, 1.82) is 5.26 Å². The van der Waals surface area contributed by atoms with E-state index in [0.717, 1.165) is 3.57 Å². The first-order chi connectivity index (χ1) is 7.13. The van der Waals surface area contributed by atoms with Crippen LogP contribution in [0.5, 0.6) is 0 Å². The second-order valence-corrected chi connectivity index (χ2v) is 4.51. The molecule has 3 nitrogen and oxygen atoms in total. The predicted molar refractivity (Wildman–Crippen MR) is 67.4 cm³/mol. The van der Waals surface area contributed by atoms with Crippen molar-refractivity contribution < 1.29 is 9.59 Å². The van der Waals surface area contributed by atoms with Crippen LogP contribution in [0.1, 0.15) is 26.3 Å². The Morgan fingerprint density at radius 1 is 1.60 bits per heavy atom. The summed E-state index contributed by atoms with van der Waals surface area (Å²) >= 11 is 5.04. The van der Waals surface area contributed by atoms with Crippen molar-refractivity contribution >= 4 is 50.6 Å². The highest BCUT2D eigenvalue weighted by molar-refractivity contribution is 14.1. The zero-order chi connectivity index (χ0) is 11.4. The molecule has 1 aromatic rings. The zero-order valence-electron chi connectivity index (χ0n) is 7.46. The van der Waals surface area contributed by atoms with Crippen LogP contribution in [0, 0.1) is 14.9 Å². The van der Waals surface area contributed by atoms with Crippen molar-refractivity contribution in [2.24, 2.45) is 0 Å². The number of rotatable bonds is 3. The van der Waals surface area contributed by atoms with Crippen LogP contribution in [0.4, 0.5) is 0 Å². The second kappa shape index (κ2) is 5.37. The molecule has 1 aromatic carbocycles. The van der Waals surface area contributed by atoms with Crippen molar-refractivity contribution in [2.75, 3.05) is 5.33 Å². The first kappa shape index (κ1) is 12.3. The van der Waals surface area contributed by atoms with E-state index in [2.05, 4.69) is 15.9 Å². The predicted octanol–water partition coefficient (Wildman–Crippen LogP) is 2.55. The Morgan fingerprint density at radius 2 is 2.27 bits per heavy atom. The normalized spacial score (nSPS) is 9.40. The first-order valence-electron chi connectivity index (χ1n) is 3.92. The summed E-state index contributed by atoms with van der Waals surface area (Å²) in [6.07, 6.45) is 0.589. The standard InChI is InChI=1S/C10H5BrINO2/c11-3-10(15)8-2-7(12)1-6(5-14)9(8)4-13/h1-2,5H,3H2. The second-order valence-electron chi connectivity index (χ2n) is 2.70. The number of halogens is 2. The Labute approximate surface area is 109 Å². The Hall–Kier alpha value is -0.740. The Balaban J connectivity index is 3.50. The van der Waals surface area contributed by atoms with E-state index in [1.807, 2.05) is 28.7 Å². The summed E-state index contributed by atoms with van der Waals surface area (Å²) in [5.74, 6) is -0.201. The van der Waals surface area contributed by atoms with Gasteiger partial charge in [0.2, 0.25) is 0 Å². The molecule has 0 saturated heterocycles. The van der Waals surface area contributed by atoms with Crippen LogP contribution in [0.3, 0.4) is 0 Å². The number of nitriles is 1. The van der Waals surface area contributed by atoms with Gasteiger partial charge in [0.15, 0.2) is 12.1 Å². The number of carbonyl (C=O) groups excluding carboxylic acids is 2. The molecule has 15 heavy (non-hydrogen) atoms. The van der Waals surface area contributed by atoms with E-state index in [-0.39, 0.29) is 22.2 Å². The van der Waals surface area contributed by atoms with Crippen molar-refractivity contribution in [3.63, 3.8) is 0 Å². The monoisotopic (exact) mass is 377 g/mol. The van der Waals surface area contributed by atoms with Gasteiger partial charge >= 0.3 is 0 Å². The van der Waals surface area contributed by atoms with E-state index in [1.165, 1.54) is 0 Å². The molecule has 0 aromatic heterocycles. The number of hydrogen-bond acceptors (Lipinski definition) is 3. The van der Waals surface area contributed by atoms with Crippen LogP contribution in [0.2, 0.25) is 0 Å². The molecule has 5 heteroatoms. The fourth-order valence-electron chi connectivity index (χ4n) is 1.14. The minimum absolute atomic E-state index is 0.139. The van der Waals surface area contributed by atoms with E-state index in [0.29, 0.717) is 11.8 Å². The van der Waals surface area contributed by atoms with E-state index in [9.17, 15) is 9.59 Å². The summed E-state index contributed by atoms with van der Waals surface area (Å²) < 4.78 is 0.762. The van der Waals surface area contributed by atoms with Gasteiger partial charge < -0.3 is 0 Å². The maximum absolute atomic E-state index is 11.5. The zero-order valence-corrected chi connectivity index (χ0v) is 11.2. The molecular weight excluding hydrogens is 373 g/mol. The van der Waals surface area contributed by atoms with Crippen LogP contribution >= 0.6 is 38.5 Å². The number of Topliss-reactive ketones (excluding diaryl/α,β-unsaturated/α-hetero) is 1. The van der Waals surface area contributed by atoms with Crippen LogP contribution < -0.4 is 0 Å². The molecule has 0 atom stereocenters. The molecule has 0 spiro atoms. The molecule has 0 unspecified atom stereocenters. The van der Waals surface area contributed by atoms with E-state index < -0.39 is 0 Å². The highest BCUT2D eigenvalue weighted by Gasteiger charge is 2.14. The number of nitrogens with zero attached hydrogens (tertiary/aromatic N) is 1. The van der Waals surface area contributed by atoms with Gasteiger partial charge in [-0.05, 0) is 34.7 Å². The van der Waals surface area contributed by atoms with Gasteiger partial charge in [-0.3, -0.25) is 9.59 Å². The number of alkyl halides is 1. The average Bonchev–Trinajstić information content (AvgIpc) is 2.26. The van der Waals surface area contributed by atoms with Crippen LogP contribution in [0.25, 0.3) is 0 Å². The van der Waals surface area contributed by atoms with Crippen molar-refractivity contribution in [2.45, 2.75) is 0 Å². The summed E-state index contributed by atoms with van der Waals surface area (Å²) in [5, 5.41) is 9.03. The lowest BCUT2D eigenvalue weighted by molar-refractivity contribution is 0.102. The van der Waals surface area contributed by atoms with Gasteiger partial charge in [-0.25, -0.2) is 0 Å². The van der Waals surface area contributed by atoms with Gasteiger partial charge in [0, 0.05) is 14.7 Å². The Morgan fingerprint density at radius 3 is 2.73 bits per heavy atom. The van der Waals surface area contributed by atoms with Gasteiger partial charge in [-0.15, -0.1) is 0 Å². The molecule has 0 saturated carbocycles. The van der Waals surface area contributed by atoms with Crippen molar-refractivity contribution in [3.8, 4) is 6.07 Å². The van der Waals surface area contributed by atoms with Gasteiger partial charge in [0.1, 0.15) is 6.07 Å². The average molecular weight is 378 g/mol. The molecule has 0 bridgehead atoms. The molecule has 0 fully saturated rings. The van der Waals surface area contributed by atoms with Gasteiger partial charge in [0.05, 0.1) is 10.9 Å². The summed E-state index contributed by atoms with van der Waals surface area (Å²) in [6, 6.07) is 5.07. The highest BCUT2D eigenvalue weighted by atomic mass is 127. The topological polar surface area (TPSA) is 57.9 Å². The summed E-state index contributed by atoms with van der Waals surface area (Å²) in [4.78, 5) is 22.2. The van der Waals surface area contributed by atoms with E-state index in [1.54, 1.807) is 12.1 Å². The Kier molecular flexibility index (Phi) is 4.42. The minimum atomic E-state index is -0.201. The van der Waals surface area contributed by atoms with Crippen LogP contribution in [0.15, 0.2) is 12.1 Å². The number of aldehydes is 1. The lowest BCUT2D eigenvalue weighted by Crippen LogP contribution is -2.06. The number of carbonyl (C=O) groups is 2.